The second kappa shape index (κ2) is 3.42. The van der Waals surface area contributed by atoms with Gasteiger partial charge in [0.05, 0.1) is 30.1 Å². The summed E-state index contributed by atoms with van der Waals surface area (Å²) in [5, 5.41) is 9.31. The van der Waals surface area contributed by atoms with Crippen LogP contribution in [0.25, 0.3) is 0 Å². The van der Waals surface area contributed by atoms with Gasteiger partial charge in [0.25, 0.3) is 0 Å². The highest BCUT2D eigenvalue weighted by Crippen LogP contribution is 2.43. The lowest BCUT2D eigenvalue weighted by atomic mass is 9.75. The highest BCUT2D eigenvalue weighted by Gasteiger charge is 2.53. The fourth-order valence-corrected chi connectivity index (χ4v) is 2.70. The second-order valence-corrected chi connectivity index (χ2v) is 5.03. The van der Waals surface area contributed by atoms with Crippen molar-refractivity contribution in [2.45, 2.75) is 32.5 Å². The van der Waals surface area contributed by atoms with Crippen molar-refractivity contribution in [1.82, 2.24) is 0 Å². The molecule has 2 bridgehead atoms. The number of aliphatic hydroxyl groups excluding tert-OH is 1. The zero-order valence-corrected chi connectivity index (χ0v) is 9.43. The molecule has 1 fully saturated rings. The second-order valence-electron chi connectivity index (χ2n) is 5.03. The third-order valence-electron chi connectivity index (χ3n) is 3.63. The van der Waals surface area contributed by atoms with Crippen LogP contribution in [0.2, 0.25) is 0 Å². The molecule has 0 aromatic rings. The molecule has 0 spiro atoms. The van der Waals surface area contributed by atoms with Crippen LogP contribution in [0, 0.1) is 17.8 Å². The summed E-state index contributed by atoms with van der Waals surface area (Å²) in [6.07, 6.45) is 3.81. The van der Waals surface area contributed by atoms with Crippen LogP contribution >= 0.6 is 0 Å². The maximum absolute atomic E-state index is 12.2. The molecule has 2 aliphatic rings. The van der Waals surface area contributed by atoms with Crippen molar-refractivity contribution in [3.05, 3.63) is 12.2 Å². The van der Waals surface area contributed by atoms with Crippen LogP contribution in [0.1, 0.15) is 20.8 Å². The smallest absolute Gasteiger partial charge is 0.147 e. The fourth-order valence-electron chi connectivity index (χ4n) is 2.70. The van der Waals surface area contributed by atoms with Crippen LogP contribution in [0.3, 0.4) is 0 Å². The molecule has 0 aliphatic carbocycles. The van der Waals surface area contributed by atoms with E-state index in [9.17, 15) is 9.90 Å². The van der Waals surface area contributed by atoms with Crippen molar-refractivity contribution in [2.24, 2.45) is 17.8 Å². The monoisotopic (exact) mass is 210 g/mol. The Hall–Kier alpha value is -0.670. The molecule has 15 heavy (non-hydrogen) atoms. The first-order valence-corrected chi connectivity index (χ1v) is 5.51. The van der Waals surface area contributed by atoms with Gasteiger partial charge in [0, 0.05) is 0 Å². The molecule has 4 atom stereocenters. The summed E-state index contributed by atoms with van der Waals surface area (Å²) in [7, 11) is 0. The van der Waals surface area contributed by atoms with Crippen molar-refractivity contribution in [1.29, 1.82) is 0 Å². The predicted octanol–water partition coefficient (Wildman–Crippen LogP) is 1.16. The molecule has 2 aliphatic heterocycles. The quantitative estimate of drug-likeness (QED) is 0.696. The maximum Gasteiger partial charge on any atom is 0.147 e. The van der Waals surface area contributed by atoms with Gasteiger partial charge in [-0.25, -0.2) is 0 Å². The summed E-state index contributed by atoms with van der Waals surface area (Å²) in [5.74, 6) is -0.103. The van der Waals surface area contributed by atoms with E-state index in [4.69, 9.17) is 4.74 Å². The zero-order chi connectivity index (χ0) is 11.2. The number of carbonyl (C=O) groups is 1. The summed E-state index contributed by atoms with van der Waals surface area (Å²) in [6.45, 7) is 5.79. The van der Waals surface area contributed by atoms with Crippen molar-refractivity contribution in [3.63, 3.8) is 0 Å². The maximum atomic E-state index is 12.2. The fraction of sp³-hybridized carbons (Fsp3) is 0.750. The minimum absolute atomic E-state index is 0.0923. The van der Waals surface area contributed by atoms with Crippen molar-refractivity contribution >= 4 is 5.78 Å². The van der Waals surface area contributed by atoms with Gasteiger partial charge in [-0.2, -0.15) is 0 Å². The predicted molar refractivity (Wildman–Crippen MR) is 56.3 cm³/mol. The number of ketones is 1. The molecular weight excluding hydrogens is 192 g/mol. The van der Waals surface area contributed by atoms with Gasteiger partial charge in [-0.15, -0.1) is 0 Å². The first kappa shape index (κ1) is 10.8. The summed E-state index contributed by atoms with van der Waals surface area (Å²) < 4.78 is 5.84. The average Bonchev–Trinajstić information content (AvgIpc) is 2.45. The summed E-state index contributed by atoms with van der Waals surface area (Å²) in [6, 6.07) is 0. The largest absolute Gasteiger partial charge is 0.395 e. The molecule has 0 aromatic carbocycles. The number of fused-ring (bicyclic) bond motifs is 2. The molecule has 1 unspecified atom stereocenters. The van der Waals surface area contributed by atoms with E-state index in [-0.39, 0.29) is 30.3 Å². The minimum atomic E-state index is -0.581. The normalized spacial score (nSPS) is 44.1. The van der Waals surface area contributed by atoms with Gasteiger partial charge in [0.2, 0.25) is 0 Å². The Labute approximate surface area is 90.1 Å². The number of ether oxygens (including phenoxy) is 1. The lowest BCUT2D eigenvalue weighted by Gasteiger charge is -2.41. The van der Waals surface area contributed by atoms with E-state index in [0.717, 1.165) is 0 Å². The number of hydrogen-bond acceptors (Lipinski definition) is 3. The molecule has 0 amide bonds. The molecule has 84 valence electrons. The van der Waals surface area contributed by atoms with Crippen LogP contribution < -0.4 is 0 Å². The van der Waals surface area contributed by atoms with Crippen molar-refractivity contribution in [3.8, 4) is 0 Å². The minimum Gasteiger partial charge on any atom is -0.395 e. The highest BCUT2D eigenvalue weighted by atomic mass is 16.5. The Balaban J connectivity index is 2.34. The van der Waals surface area contributed by atoms with E-state index in [1.54, 1.807) is 0 Å². The first-order chi connectivity index (χ1) is 6.99. The molecule has 1 saturated heterocycles. The van der Waals surface area contributed by atoms with Crippen LogP contribution in [0.4, 0.5) is 0 Å². The molecule has 0 aromatic heterocycles. The van der Waals surface area contributed by atoms with E-state index in [2.05, 4.69) is 0 Å². The van der Waals surface area contributed by atoms with Crippen LogP contribution in [-0.2, 0) is 9.53 Å². The molecule has 0 saturated carbocycles. The van der Waals surface area contributed by atoms with Crippen molar-refractivity contribution < 1.29 is 14.6 Å². The SMILES string of the molecule is CC(C)[C@@H]1C(=O)C(CO)[C@@]2(C)C=C[C@H]1O2. The standard InChI is InChI=1S/C12H18O3/c1-7(2)10-9-4-5-12(3,15-9)8(6-13)11(10)14/h4-5,7-10,13H,6H2,1-3H3/t8?,9-,10+,12-/m1/s1. The average molecular weight is 210 g/mol. The van der Waals surface area contributed by atoms with Gasteiger partial charge in [-0.1, -0.05) is 26.0 Å². The number of hydrogen-bond donors (Lipinski definition) is 1. The van der Waals surface area contributed by atoms with Gasteiger partial charge >= 0.3 is 0 Å². The van der Waals surface area contributed by atoms with Gasteiger partial charge < -0.3 is 9.84 Å². The highest BCUT2D eigenvalue weighted by molar-refractivity contribution is 5.87. The summed E-state index contributed by atoms with van der Waals surface area (Å²) >= 11 is 0. The van der Waals surface area contributed by atoms with Crippen LogP contribution in [-0.4, -0.2) is 29.2 Å². The van der Waals surface area contributed by atoms with E-state index in [0.29, 0.717) is 0 Å². The third kappa shape index (κ3) is 1.45. The topological polar surface area (TPSA) is 46.5 Å². The number of aliphatic hydroxyl groups is 1. The first-order valence-electron chi connectivity index (χ1n) is 5.51. The summed E-state index contributed by atoms with van der Waals surface area (Å²) in [4.78, 5) is 12.2. The lowest BCUT2D eigenvalue weighted by molar-refractivity contribution is -0.166. The molecule has 2 rings (SSSR count). The number of rotatable bonds is 2. The Kier molecular flexibility index (Phi) is 2.47. The van der Waals surface area contributed by atoms with Crippen LogP contribution in [0.15, 0.2) is 12.2 Å². The Morgan fingerprint density at radius 1 is 1.60 bits per heavy atom. The molecule has 0 radical (unpaired) electrons. The third-order valence-corrected chi connectivity index (χ3v) is 3.63. The number of Topliss-reactive ketones (excluding diaryl/α,β-unsaturated/α-hetero) is 1. The summed E-state index contributed by atoms with van der Waals surface area (Å²) in [5.41, 5.74) is -0.581. The van der Waals surface area contributed by atoms with E-state index < -0.39 is 11.5 Å². The van der Waals surface area contributed by atoms with Crippen molar-refractivity contribution in [2.75, 3.05) is 6.61 Å². The molecular formula is C12H18O3. The Morgan fingerprint density at radius 2 is 2.27 bits per heavy atom. The number of carbonyl (C=O) groups excluding carboxylic acids is 1. The van der Waals surface area contributed by atoms with E-state index >= 15 is 0 Å². The Bertz CT molecular complexity index is 304. The molecule has 3 heteroatoms. The van der Waals surface area contributed by atoms with E-state index in [1.807, 2.05) is 32.9 Å². The van der Waals surface area contributed by atoms with Crippen LogP contribution in [0.5, 0.6) is 0 Å². The molecule has 3 nitrogen and oxygen atoms in total. The van der Waals surface area contributed by atoms with Gasteiger partial charge in [0.15, 0.2) is 0 Å². The van der Waals surface area contributed by atoms with E-state index in [1.165, 1.54) is 0 Å². The zero-order valence-electron chi connectivity index (χ0n) is 9.43. The van der Waals surface area contributed by atoms with Gasteiger partial charge in [0.1, 0.15) is 5.78 Å². The Morgan fingerprint density at radius 3 is 2.80 bits per heavy atom. The lowest BCUT2D eigenvalue weighted by Crippen LogP contribution is -2.53. The van der Waals surface area contributed by atoms with Gasteiger partial charge in [-0.3, -0.25) is 4.79 Å². The molecule has 2 heterocycles. The van der Waals surface area contributed by atoms with Gasteiger partial charge in [-0.05, 0) is 12.8 Å². The molecule has 1 N–H and O–H groups in total.